The first-order valence-corrected chi connectivity index (χ1v) is 6.52. The number of aliphatic imine (C=N–C) groups is 1. The highest BCUT2D eigenvalue weighted by molar-refractivity contribution is 7.16. The Morgan fingerprint density at radius 3 is 2.38 bits per heavy atom. The van der Waals surface area contributed by atoms with Crippen LogP contribution in [0.2, 0.25) is 0 Å². The van der Waals surface area contributed by atoms with Gasteiger partial charge in [0.2, 0.25) is 0 Å². The van der Waals surface area contributed by atoms with Crippen molar-refractivity contribution in [3.05, 3.63) is 47.2 Å². The van der Waals surface area contributed by atoms with Gasteiger partial charge in [0.15, 0.2) is 0 Å². The van der Waals surface area contributed by atoms with Crippen molar-refractivity contribution in [2.24, 2.45) is 4.99 Å². The minimum atomic E-state index is 0.904. The monoisotopic (exact) mass is 233 g/mol. The van der Waals surface area contributed by atoms with Crippen LogP contribution in [-0.4, -0.2) is 11.9 Å². The Morgan fingerprint density at radius 1 is 1.31 bits per heavy atom. The topological polar surface area (TPSA) is 12.4 Å². The molecule has 1 rings (SSSR count). The number of nitrogens with zero attached hydrogens (tertiary/aromatic N) is 1. The summed E-state index contributed by atoms with van der Waals surface area (Å²) in [5.41, 5.74) is 4.77. The van der Waals surface area contributed by atoms with Gasteiger partial charge in [-0.2, -0.15) is 0 Å². The highest BCUT2D eigenvalue weighted by Crippen LogP contribution is 2.09. The quantitative estimate of drug-likeness (QED) is 0.553. The molecule has 86 valence electrons. The van der Waals surface area contributed by atoms with E-state index >= 15 is 0 Å². The van der Waals surface area contributed by atoms with E-state index in [2.05, 4.69) is 58.4 Å². The van der Waals surface area contributed by atoms with Crippen molar-refractivity contribution in [3.8, 4) is 0 Å². The summed E-state index contributed by atoms with van der Waals surface area (Å²) in [6.07, 6.45) is 4.04. The molecule has 0 aromatic heterocycles. The van der Waals surface area contributed by atoms with Crippen LogP contribution in [0.1, 0.15) is 31.9 Å². The third kappa shape index (κ3) is 3.57. The lowest BCUT2D eigenvalue weighted by atomic mass is 10.1. The molecule has 2 heteroatoms. The van der Waals surface area contributed by atoms with E-state index in [0.717, 1.165) is 24.0 Å². The van der Waals surface area contributed by atoms with E-state index < -0.39 is 0 Å². The zero-order valence-corrected chi connectivity index (χ0v) is 11.5. The Balaban J connectivity index is 2.91. The summed E-state index contributed by atoms with van der Waals surface area (Å²) in [6, 6.07) is 8.64. The Morgan fingerprint density at radius 2 is 1.94 bits per heavy atom. The molecular formula is C14H20NP. The maximum Gasteiger partial charge on any atom is 0.0448 e. The molecule has 16 heavy (non-hydrogen) atoms. The molecule has 1 nitrogen and oxygen atoms in total. The van der Waals surface area contributed by atoms with Crippen LogP contribution in [-0.2, 0) is 6.42 Å². The molecule has 0 amide bonds. The first-order valence-electron chi connectivity index (χ1n) is 5.71. The SMILES string of the molecule is C/C=C(/CP)N=C(C)c1ccc(CC)cc1. The van der Waals surface area contributed by atoms with Crippen LogP contribution in [0.4, 0.5) is 0 Å². The second-order valence-corrected chi connectivity index (χ2v) is 4.14. The van der Waals surface area contributed by atoms with Crippen LogP contribution in [0.25, 0.3) is 0 Å². The van der Waals surface area contributed by atoms with Gasteiger partial charge in [0.25, 0.3) is 0 Å². The number of hydrogen-bond donors (Lipinski definition) is 0. The smallest absolute Gasteiger partial charge is 0.0448 e. The van der Waals surface area contributed by atoms with Crippen molar-refractivity contribution in [3.63, 3.8) is 0 Å². The molecule has 0 N–H and O–H groups in total. The summed E-state index contributed by atoms with van der Waals surface area (Å²) in [5, 5.41) is 0. The average molecular weight is 233 g/mol. The van der Waals surface area contributed by atoms with Gasteiger partial charge in [-0.05, 0) is 31.4 Å². The maximum atomic E-state index is 4.60. The van der Waals surface area contributed by atoms with Gasteiger partial charge in [0.1, 0.15) is 0 Å². The number of rotatable bonds is 4. The average Bonchev–Trinajstić information content (AvgIpc) is 2.35. The Hall–Kier alpha value is -0.940. The predicted octanol–water partition coefficient (Wildman–Crippen LogP) is 3.84. The Kier molecular flexibility index (Phi) is 5.42. The molecule has 0 saturated heterocycles. The van der Waals surface area contributed by atoms with Crippen LogP contribution in [0.5, 0.6) is 0 Å². The third-order valence-corrected chi connectivity index (χ3v) is 3.05. The third-order valence-electron chi connectivity index (χ3n) is 2.63. The molecule has 0 saturated carbocycles. The first kappa shape index (κ1) is 13.1. The van der Waals surface area contributed by atoms with Crippen LogP contribution >= 0.6 is 9.24 Å². The second kappa shape index (κ2) is 6.60. The Labute approximate surface area is 101 Å². The van der Waals surface area contributed by atoms with Gasteiger partial charge < -0.3 is 0 Å². The van der Waals surface area contributed by atoms with Crippen molar-refractivity contribution in [2.75, 3.05) is 6.16 Å². The van der Waals surface area contributed by atoms with Crippen LogP contribution in [0.15, 0.2) is 41.0 Å². The Bertz CT molecular complexity index is 388. The molecule has 0 radical (unpaired) electrons. The van der Waals surface area contributed by atoms with Crippen LogP contribution in [0, 0.1) is 0 Å². The summed E-state index contributed by atoms with van der Waals surface area (Å²) in [4.78, 5) is 4.60. The van der Waals surface area contributed by atoms with E-state index in [0.29, 0.717) is 0 Å². The highest BCUT2D eigenvalue weighted by Gasteiger charge is 1.98. The number of aryl methyl sites for hydroxylation is 1. The molecule has 1 atom stereocenters. The zero-order chi connectivity index (χ0) is 12.0. The largest absolute Gasteiger partial charge is 0.258 e. The number of hydrogen-bond acceptors (Lipinski definition) is 1. The first-order chi connectivity index (χ1) is 7.71. The highest BCUT2D eigenvalue weighted by atomic mass is 31.0. The number of benzene rings is 1. The van der Waals surface area contributed by atoms with Gasteiger partial charge in [0.05, 0.1) is 0 Å². The van der Waals surface area contributed by atoms with Gasteiger partial charge >= 0.3 is 0 Å². The van der Waals surface area contributed by atoms with Crippen LogP contribution in [0.3, 0.4) is 0 Å². The van der Waals surface area contributed by atoms with Crippen molar-refractivity contribution in [1.82, 2.24) is 0 Å². The summed E-state index contributed by atoms with van der Waals surface area (Å²) >= 11 is 0. The second-order valence-electron chi connectivity index (χ2n) is 3.73. The van der Waals surface area contributed by atoms with E-state index in [4.69, 9.17) is 0 Å². The molecular weight excluding hydrogens is 213 g/mol. The van der Waals surface area contributed by atoms with E-state index in [1.807, 2.05) is 6.92 Å². The number of allylic oxidation sites excluding steroid dienone is 2. The summed E-state index contributed by atoms with van der Waals surface area (Å²) in [5.74, 6) is 0. The molecule has 1 aromatic carbocycles. The van der Waals surface area contributed by atoms with E-state index in [1.54, 1.807) is 0 Å². The minimum absolute atomic E-state index is 0.904. The lowest BCUT2D eigenvalue weighted by Crippen LogP contribution is -1.96. The minimum Gasteiger partial charge on any atom is -0.258 e. The molecule has 0 spiro atoms. The van der Waals surface area contributed by atoms with Gasteiger partial charge in [-0.3, -0.25) is 4.99 Å². The fourth-order valence-electron chi connectivity index (χ4n) is 1.49. The molecule has 0 heterocycles. The van der Waals surface area contributed by atoms with Gasteiger partial charge in [-0.1, -0.05) is 37.3 Å². The van der Waals surface area contributed by atoms with Gasteiger partial charge in [-0.15, -0.1) is 9.24 Å². The lowest BCUT2D eigenvalue weighted by molar-refractivity contribution is 1.14. The standard InChI is InChI=1S/C14H20NP/c1-4-12-6-8-13(9-7-12)11(3)15-14(5-2)10-16/h5-9H,4,10,16H2,1-3H3/b14-5-,15-11?. The molecule has 0 bridgehead atoms. The molecule has 0 aliphatic rings. The normalized spacial score (nSPS) is 13.0. The lowest BCUT2D eigenvalue weighted by Gasteiger charge is -2.04. The van der Waals surface area contributed by atoms with E-state index in [1.165, 1.54) is 11.1 Å². The fraction of sp³-hybridized carbons (Fsp3) is 0.357. The predicted molar refractivity (Wildman–Crippen MR) is 76.4 cm³/mol. The summed E-state index contributed by atoms with van der Waals surface area (Å²) < 4.78 is 0. The van der Waals surface area contributed by atoms with Gasteiger partial charge in [0, 0.05) is 17.6 Å². The molecule has 0 fully saturated rings. The van der Waals surface area contributed by atoms with Crippen molar-refractivity contribution < 1.29 is 0 Å². The van der Waals surface area contributed by atoms with Crippen molar-refractivity contribution >= 4 is 15.0 Å². The molecule has 1 unspecified atom stereocenters. The van der Waals surface area contributed by atoms with Crippen LogP contribution < -0.4 is 0 Å². The zero-order valence-electron chi connectivity index (χ0n) is 10.3. The maximum absolute atomic E-state index is 4.60. The fourth-order valence-corrected chi connectivity index (χ4v) is 1.82. The summed E-state index contributed by atoms with van der Waals surface area (Å²) in [7, 11) is 2.71. The van der Waals surface area contributed by atoms with Gasteiger partial charge in [-0.25, -0.2) is 0 Å². The summed E-state index contributed by atoms with van der Waals surface area (Å²) in [6.45, 7) is 6.25. The van der Waals surface area contributed by atoms with E-state index in [9.17, 15) is 0 Å². The molecule has 0 aliphatic carbocycles. The molecule has 0 aliphatic heterocycles. The van der Waals surface area contributed by atoms with Crippen molar-refractivity contribution in [2.45, 2.75) is 27.2 Å². The molecule has 1 aromatic rings. The van der Waals surface area contributed by atoms with E-state index in [-0.39, 0.29) is 0 Å². The van der Waals surface area contributed by atoms with Crippen molar-refractivity contribution in [1.29, 1.82) is 0 Å².